The van der Waals surface area contributed by atoms with Gasteiger partial charge in [0.15, 0.2) is 0 Å². The molecule has 0 bridgehead atoms. The summed E-state index contributed by atoms with van der Waals surface area (Å²) in [6.45, 7) is 6.78. The molecule has 0 aliphatic heterocycles. The van der Waals surface area contributed by atoms with Crippen LogP contribution < -0.4 is 0 Å². The minimum Gasteiger partial charge on any atom is -0.383 e. The summed E-state index contributed by atoms with van der Waals surface area (Å²) in [6.07, 6.45) is 0.561. The summed E-state index contributed by atoms with van der Waals surface area (Å²) in [5, 5.41) is 8.82. The van der Waals surface area contributed by atoms with Gasteiger partial charge < -0.3 is 9.64 Å². The van der Waals surface area contributed by atoms with Gasteiger partial charge in [0.25, 0.3) is 0 Å². The second-order valence-corrected chi connectivity index (χ2v) is 3.71. The summed E-state index contributed by atoms with van der Waals surface area (Å²) < 4.78 is 4.94. The van der Waals surface area contributed by atoms with Gasteiger partial charge in [-0.1, -0.05) is 6.92 Å². The Morgan fingerprint density at radius 2 is 2.13 bits per heavy atom. The number of methoxy groups -OCH3 is 1. The quantitative estimate of drug-likeness (QED) is 0.669. The van der Waals surface area contributed by atoms with Gasteiger partial charge in [0.1, 0.15) is 5.92 Å². The minimum absolute atomic E-state index is 0.0907. The zero-order valence-electron chi connectivity index (χ0n) is 9.99. The van der Waals surface area contributed by atoms with Gasteiger partial charge in [0, 0.05) is 19.7 Å². The molecule has 86 valence electrons. The molecule has 0 N–H and O–H groups in total. The lowest BCUT2D eigenvalue weighted by atomic mass is 10.1. The highest BCUT2D eigenvalue weighted by Crippen LogP contribution is 2.09. The lowest BCUT2D eigenvalue weighted by molar-refractivity contribution is -0.136. The van der Waals surface area contributed by atoms with Crippen LogP contribution in [0, 0.1) is 17.2 Å². The Kier molecular flexibility index (Phi) is 6.72. The summed E-state index contributed by atoms with van der Waals surface area (Å²) in [5.41, 5.74) is 0. The maximum atomic E-state index is 11.9. The van der Waals surface area contributed by atoms with Gasteiger partial charge in [-0.3, -0.25) is 4.79 Å². The molecule has 15 heavy (non-hydrogen) atoms. The lowest BCUT2D eigenvalue weighted by Crippen LogP contribution is -2.42. The topological polar surface area (TPSA) is 53.3 Å². The first-order valence-electron chi connectivity index (χ1n) is 5.27. The maximum absolute atomic E-state index is 11.9. The lowest BCUT2D eigenvalue weighted by Gasteiger charge is -2.28. The third-order valence-electron chi connectivity index (χ3n) is 2.30. The van der Waals surface area contributed by atoms with Crippen molar-refractivity contribution in [1.82, 2.24) is 4.90 Å². The molecule has 1 amide bonds. The van der Waals surface area contributed by atoms with Crippen molar-refractivity contribution < 1.29 is 9.53 Å². The Labute approximate surface area is 91.8 Å². The average Bonchev–Trinajstić information content (AvgIpc) is 2.19. The third-order valence-corrected chi connectivity index (χ3v) is 2.30. The molecule has 0 aliphatic rings. The molecule has 0 saturated heterocycles. The van der Waals surface area contributed by atoms with Gasteiger partial charge in [-0.15, -0.1) is 0 Å². The monoisotopic (exact) mass is 212 g/mol. The van der Waals surface area contributed by atoms with Crippen LogP contribution in [-0.2, 0) is 9.53 Å². The predicted molar refractivity (Wildman–Crippen MR) is 58.1 cm³/mol. The molecule has 0 radical (unpaired) electrons. The van der Waals surface area contributed by atoms with E-state index >= 15 is 0 Å². The predicted octanol–water partition coefficient (Wildman–Crippen LogP) is 1.42. The van der Waals surface area contributed by atoms with Gasteiger partial charge in [-0.05, 0) is 20.3 Å². The zero-order valence-corrected chi connectivity index (χ0v) is 9.99. The molecular formula is C11H20N2O2. The Bertz CT molecular complexity index is 233. The number of nitriles is 1. The van der Waals surface area contributed by atoms with E-state index in [9.17, 15) is 4.79 Å². The van der Waals surface area contributed by atoms with Crippen LogP contribution in [0.15, 0.2) is 0 Å². The number of carbonyl (C=O) groups excluding carboxylic acids is 1. The van der Waals surface area contributed by atoms with Crippen LogP contribution in [0.2, 0.25) is 0 Å². The van der Waals surface area contributed by atoms with Gasteiger partial charge in [0.2, 0.25) is 5.91 Å². The normalized spacial score (nSPS) is 12.3. The van der Waals surface area contributed by atoms with E-state index < -0.39 is 5.92 Å². The average molecular weight is 212 g/mol. The fourth-order valence-corrected chi connectivity index (χ4v) is 1.33. The molecule has 0 aromatic rings. The van der Waals surface area contributed by atoms with Gasteiger partial charge in [-0.2, -0.15) is 5.26 Å². The molecule has 4 nitrogen and oxygen atoms in total. The first-order valence-corrected chi connectivity index (χ1v) is 5.27. The molecular weight excluding hydrogens is 192 g/mol. The van der Waals surface area contributed by atoms with Crippen LogP contribution in [0.25, 0.3) is 0 Å². The van der Waals surface area contributed by atoms with E-state index in [-0.39, 0.29) is 11.9 Å². The van der Waals surface area contributed by atoms with E-state index in [1.807, 2.05) is 26.8 Å². The molecule has 0 aliphatic carbocycles. The highest BCUT2D eigenvalue weighted by molar-refractivity contribution is 5.81. The Hall–Kier alpha value is -1.08. The molecule has 0 aromatic heterocycles. The number of hydrogen-bond acceptors (Lipinski definition) is 3. The Balaban J connectivity index is 4.48. The van der Waals surface area contributed by atoms with Crippen molar-refractivity contribution >= 4 is 5.91 Å². The SMILES string of the molecule is CCC(C#N)C(=O)N(CCOC)C(C)C. The number of hydrogen-bond donors (Lipinski definition) is 0. The summed E-state index contributed by atoms with van der Waals surface area (Å²) in [4.78, 5) is 13.6. The number of rotatable bonds is 6. The molecule has 1 unspecified atom stereocenters. The van der Waals surface area contributed by atoms with Gasteiger partial charge in [0.05, 0.1) is 12.7 Å². The summed E-state index contributed by atoms with van der Waals surface area (Å²) in [7, 11) is 1.60. The molecule has 1 atom stereocenters. The second-order valence-electron chi connectivity index (χ2n) is 3.71. The first-order chi connectivity index (χ1) is 7.08. The van der Waals surface area contributed by atoms with E-state index in [1.54, 1.807) is 12.0 Å². The van der Waals surface area contributed by atoms with E-state index in [1.165, 1.54) is 0 Å². The van der Waals surface area contributed by atoms with E-state index in [0.717, 1.165) is 0 Å². The van der Waals surface area contributed by atoms with Crippen molar-refractivity contribution in [3.63, 3.8) is 0 Å². The van der Waals surface area contributed by atoms with Gasteiger partial charge >= 0.3 is 0 Å². The van der Waals surface area contributed by atoms with Gasteiger partial charge in [-0.25, -0.2) is 0 Å². The highest BCUT2D eigenvalue weighted by atomic mass is 16.5. The van der Waals surface area contributed by atoms with Crippen molar-refractivity contribution in [3.05, 3.63) is 0 Å². The zero-order chi connectivity index (χ0) is 11.8. The van der Waals surface area contributed by atoms with Crippen molar-refractivity contribution in [2.75, 3.05) is 20.3 Å². The van der Waals surface area contributed by atoms with Crippen LogP contribution in [0.3, 0.4) is 0 Å². The molecule has 0 fully saturated rings. The van der Waals surface area contributed by atoms with Crippen molar-refractivity contribution in [2.45, 2.75) is 33.2 Å². The van der Waals surface area contributed by atoms with Crippen LogP contribution >= 0.6 is 0 Å². The third kappa shape index (κ3) is 4.30. The fourth-order valence-electron chi connectivity index (χ4n) is 1.33. The summed E-state index contributed by atoms with van der Waals surface area (Å²) in [6, 6.07) is 2.14. The minimum atomic E-state index is -0.524. The number of amides is 1. The summed E-state index contributed by atoms with van der Waals surface area (Å²) in [5.74, 6) is -0.615. The number of ether oxygens (including phenoxy) is 1. The van der Waals surface area contributed by atoms with Crippen LogP contribution in [0.1, 0.15) is 27.2 Å². The van der Waals surface area contributed by atoms with E-state index in [0.29, 0.717) is 19.6 Å². The highest BCUT2D eigenvalue weighted by Gasteiger charge is 2.24. The molecule has 4 heteroatoms. The van der Waals surface area contributed by atoms with Crippen LogP contribution in [-0.4, -0.2) is 37.1 Å². The largest absolute Gasteiger partial charge is 0.383 e. The first kappa shape index (κ1) is 13.9. The van der Waals surface area contributed by atoms with E-state index in [4.69, 9.17) is 10.00 Å². The van der Waals surface area contributed by atoms with Crippen LogP contribution in [0.4, 0.5) is 0 Å². The standard InChI is InChI=1S/C11H20N2O2/c1-5-10(8-12)11(14)13(9(2)3)6-7-15-4/h9-10H,5-7H2,1-4H3. The number of nitrogens with zero attached hydrogens (tertiary/aromatic N) is 2. The van der Waals surface area contributed by atoms with Crippen LogP contribution in [0.5, 0.6) is 0 Å². The fraction of sp³-hybridized carbons (Fsp3) is 0.818. The van der Waals surface area contributed by atoms with Crippen molar-refractivity contribution in [2.24, 2.45) is 5.92 Å². The van der Waals surface area contributed by atoms with Crippen molar-refractivity contribution in [1.29, 1.82) is 5.26 Å². The molecule has 0 spiro atoms. The Morgan fingerprint density at radius 3 is 2.47 bits per heavy atom. The number of carbonyl (C=O) groups is 1. The van der Waals surface area contributed by atoms with Crippen molar-refractivity contribution in [3.8, 4) is 6.07 Å². The summed E-state index contributed by atoms with van der Waals surface area (Å²) >= 11 is 0. The smallest absolute Gasteiger partial charge is 0.240 e. The second kappa shape index (κ2) is 7.24. The van der Waals surface area contributed by atoms with E-state index in [2.05, 4.69) is 0 Å². The Morgan fingerprint density at radius 1 is 1.53 bits per heavy atom. The molecule has 0 heterocycles. The molecule has 0 aromatic carbocycles. The maximum Gasteiger partial charge on any atom is 0.240 e. The molecule has 0 rings (SSSR count). The molecule has 0 saturated carbocycles.